The Morgan fingerprint density at radius 2 is 0.278 bits per heavy atom. The number of halogens is 7. The molecule has 0 saturated carbocycles. The molecule has 35 atom stereocenters. The van der Waals surface area contributed by atoms with Crippen molar-refractivity contribution >= 4 is 0 Å². The van der Waals surface area contributed by atoms with Crippen LogP contribution >= 0.6 is 0 Å². The van der Waals surface area contributed by atoms with E-state index in [4.69, 9.17) is 133 Å². The third-order valence-electron chi connectivity index (χ3n) is 20.0. The first kappa shape index (κ1) is 122. The van der Waals surface area contributed by atoms with Gasteiger partial charge in [0.25, 0.3) is 0 Å². The average molecular weight is 1990 g/mol. The van der Waals surface area contributed by atoms with Gasteiger partial charge in [0.2, 0.25) is 0 Å². The van der Waals surface area contributed by atoms with Crippen molar-refractivity contribution in [1.82, 2.24) is 0 Å². The van der Waals surface area contributed by atoms with E-state index < -0.39 is 261 Å². The lowest BCUT2D eigenvalue weighted by Gasteiger charge is -2.51. The van der Waals surface area contributed by atoms with Crippen LogP contribution in [-0.2, 0) is 133 Å². The predicted octanol–water partition coefficient (Wildman–Crippen LogP) is -37.9. The normalized spacial score (nSPS) is 38.3. The van der Waals surface area contributed by atoms with Crippen LogP contribution in [0.25, 0.3) is 0 Å². The first-order valence-corrected chi connectivity index (χ1v) is 38.6. The molecule has 0 unspecified atom stereocenters. The molecule has 0 aromatic rings. The number of hydrogen-bond donors (Lipinski definition) is 21. The van der Waals surface area contributed by atoms with Gasteiger partial charge in [0.15, 0.2) is 44.0 Å². The van der Waals surface area contributed by atoms with Gasteiger partial charge < -0.3 is 258 Å². The fourth-order valence-corrected chi connectivity index (χ4v) is 14.2. The maximum Gasteiger partial charge on any atom is 0.187 e. The zero-order chi connectivity index (χ0) is 85.8. The number of ether oxygens (including phenoxy) is 21. The Balaban J connectivity index is 0.0000113. The van der Waals surface area contributed by atoms with Crippen molar-refractivity contribution in [2.75, 3.05) is 139 Å². The molecule has 15 saturated heterocycles. The Hall–Kier alpha value is -1.75. The monoisotopic (exact) mass is 1980 g/mol. The van der Waals surface area contributed by atoms with Crippen LogP contribution in [-0.4, -0.2) is 425 Å². The van der Waals surface area contributed by atoms with E-state index in [-0.39, 0.29) is 179 Å². The summed E-state index contributed by atoms with van der Waals surface area (Å²) in [4.78, 5) is 34.5. The van der Waals surface area contributed by atoms with Gasteiger partial charge in [-0.3, -0.25) is 0 Å². The lowest BCUT2D eigenvalue weighted by Crippen LogP contribution is -3.00. The van der Waals surface area contributed by atoms with Crippen LogP contribution in [0, 0.1) is 0 Å². The number of rotatable bonds is 42. The quantitative estimate of drug-likeness (QED) is 0.0199. The first-order chi connectivity index (χ1) is 57.9. The van der Waals surface area contributed by atoms with Gasteiger partial charge in [-0.25, -0.2) is 75.1 Å². The van der Waals surface area contributed by atoms with Gasteiger partial charge in [0.1, 0.15) is 217 Å². The molecule has 0 aliphatic carbocycles. The molecule has 15 rings (SSSR count). The molecule has 0 aromatic heterocycles. The molecule has 56 heteroatoms. The van der Waals surface area contributed by atoms with Crippen LogP contribution in [0.2, 0.25) is 0 Å². The number of fused-ring (bicyclic) bond motifs is 7. The summed E-state index contributed by atoms with van der Waals surface area (Å²) in [6, 6.07) is 0. The van der Waals surface area contributed by atoms with E-state index in [0.29, 0.717) is 0 Å². The summed E-state index contributed by atoms with van der Waals surface area (Å²) < 4.78 is 135. The summed E-state index contributed by atoms with van der Waals surface area (Å²) in [6.45, 7) is -9.42. The van der Waals surface area contributed by atoms with Crippen LogP contribution in [0.1, 0.15) is 0 Å². The summed E-state index contributed by atoms with van der Waals surface area (Å²) in [5.41, 5.74) is 0. The standard InChI is InChI=1S/C70H126N7O42.7ClH/c71-99-22-8-1-15-92-57-43(85)50-36(29-78)106-64(57)113-51-37(30-79)107-66(58(44(51)86)93-16-2-9-23-100-72)115-53-39(32-81)109-68(60(46(53)88)95-18-4-11-25-102-74)117-55-41(34-83)111-70(62(48(55)90)97-20-6-13-27-104-76)119-56-42(35-84)112-69(63(49(56)91)98-21-7-14-28-105-77)118-54-40(33-82)110-67(61(47(54)89)96-19-5-12-26-103-75)116-52-38(31-80)108-65(114-50)59(45(52)87)94-17-3-10-24-101-73;;;;;;;/h1-14,36-70,78-91H,15-35H2,71-77H3;7*1H/q+7;;;;;;;/p-7/b8-1+,9-2+,10-3+,11-4+,12-5+,13-6+,14-7+;;;;;;;/t36-,37-,38-,39-,40-,41-,42-,43-,44-,45-,46+,47+,48+,49+,50-,51-,52-,53-,54-,55-,56-,57-,58-,59-,60-,61-,62-,63-,64-,65-,66-,67-,68-,69-,70-;;;;;;;/m1......./s1. The average Bonchev–Trinajstić information content (AvgIpc) is 0.768. The molecule has 0 radical (unpaired) electrons. The van der Waals surface area contributed by atoms with Crippen LogP contribution in [0.4, 0.5) is 0 Å². The van der Waals surface area contributed by atoms with Crippen LogP contribution < -0.4 is 128 Å². The van der Waals surface area contributed by atoms with Crippen LogP contribution in [0.5, 0.6) is 0 Å². The number of quaternary nitrogens is 7. The summed E-state index contributed by atoms with van der Waals surface area (Å²) in [7, 11) is 0. The Bertz CT molecular complexity index is 2480. The fourth-order valence-electron chi connectivity index (χ4n) is 14.2. The second kappa shape index (κ2) is 66.6. The van der Waals surface area contributed by atoms with Crippen molar-refractivity contribution in [3.05, 3.63) is 85.1 Å². The van der Waals surface area contributed by atoms with Crippen molar-refractivity contribution in [3.63, 3.8) is 0 Å². The highest BCUT2D eigenvalue weighted by Crippen LogP contribution is 2.42. The Labute approximate surface area is 767 Å². The highest BCUT2D eigenvalue weighted by molar-refractivity contribution is 5.05. The van der Waals surface area contributed by atoms with Crippen molar-refractivity contribution in [2.24, 2.45) is 0 Å². The van der Waals surface area contributed by atoms with E-state index in [1.54, 1.807) is 0 Å². The summed E-state index contributed by atoms with van der Waals surface area (Å²) >= 11 is 0. The first-order valence-electron chi connectivity index (χ1n) is 38.6. The smallest absolute Gasteiger partial charge is 0.187 e. The fraction of sp³-hybridized carbons (Fsp3) is 0.800. The molecule has 0 aromatic carbocycles. The van der Waals surface area contributed by atoms with Gasteiger partial charge in [-0.2, -0.15) is 0 Å². The van der Waals surface area contributed by atoms with E-state index in [1.807, 2.05) is 0 Å². The van der Waals surface area contributed by atoms with Crippen LogP contribution in [0.3, 0.4) is 0 Å². The third kappa shape index (κ3) is 34.2. The molecular formula is C70H126Cl7N7O42. The van der Waals surface area contributed by atoms with E-state index >= 15 is 0 Å². The molecule has 49 nitrogen and oxygen atoms in total. The molecule has 0 amide bonds. The molecule has 15 heterocycles. The molecule has 14 bridgehead atoms. The lowest BCUT2D eigenvalue weighted by atomic mass is 9.95. The van der Waals surface area contributed by atoms with Crippen LogP contribution in [0.15, 0.2) is 85.1 Å². The van der Waals surface area contributed by atoms with E-state index in [2.05, 4.69) is 41.3 Å². The lowest BCUT2D eigenvalue weighted by molar-refractivity contribution is -0.686. The zero-order valence-corrected chi connectivity index (χ0v) is 73.7. The highest BCUT2D eigenvalue weighted by Gasteiger charge is 2.61. The molecule has 15 aliphatic rings. The minimum Gasteiger partial charge on any atom is -1.00 e. The van der Waals surface area contributed by atoms with Crippen molar-refractivity contribution in [3.8, 4) is 0 Å². The second-order valence-corrected chi connectivity index (χ2v) is 27.7. The van der Waals surface area contributed by atoms with Crippen molar-refractivity contribution in [1.29, 1.82) is 0 Å². The minimum absolute atomic E-state index is 0. The summed E-state index contributed by atoms with van der Waals surface area (Å²) in [5.74, 6) is 23.6. The minimum atomic E-state index is -2.00. The number of aliphatic hydroxyl groups is 14. The van der Waals surface area contributed by atoms with Gasteiger partial charge in [0, 0.05) is 0 Å². The summed E-state index contributed by atoms with van der Waals surface area (Å²) in [6.07, 6.45) is -42.7. The Morgan fingerprint density at radius 3 is 0.373 bits per heavy atom. The molecular weight excluding hydrogens is 1860 g/mol. The molecule has 15 aliphatic heterocycles. The van der Waals surface area contributed by atoms with Gasteiger partial charge in [0.05, 0.1) is 92.5 Å². The zero-order valence-electron chi connectivity index (χ0n) is 68.4. The van der Waals surface area contributed by atoms with E-state index in [0.717, 1.165) is 0 Å². The third-order valence-corrected chi connectivity index (χ3v) is 20.0. The second-order valence-electron chi connectivity index (χ2n) is 27.7. The Morgan fingerprint density at radius 1 is 0.175 bits per heavy atom. The van der Waals surface area contributed by atoms with Gasteiger partial charge in [-0.05, 0) is 0 Å². The maximum absolute atomic E-state index is 12.8. The SMILES string of the molecule is [Cl-].[Cl-].[Cl-].[Cl-].[Cl-].[Cl-].[Cl-].[NH3+]OC/C=C/CO[C@H]1[C@H]2O[C@H]3[C@H](O)[C@@H](OC/C=C/CO[NH3+])[C@@H](O[C@H]4[C@@H](O)[C@@H](OC/C=C/CO[NH3+])[C@@H](O[C@H]5[C@@H](O)[C@@H](OC/C=C/CO[NH3+])[C@@H](O[C@H]6[C@@H](O)[C@@H](OC/C=C/CO[NH3+])[C@@H](O[C@H]7[C@H](O)[C@@H](OC/C=C/CO[NH3+])[C@@H](O[C@H]8[C@H](O)[C@@H](OC/C=C/CO[NH3+])[C@@H](O[C@@H]([C@@H]1O)[C@@H](CO)O2)O[C@@H]8CO)O[C@@H]7CO)O[C@@H]6CO)O[C@@H]5CO)O[C@@H]4CO)O[C@@H]3CO. The molecule has 126 heavy (non-hydrogen) atoms. The molecule has 35 N–H and O–H groups in total. The number of hydrogen-bond acceptors (Lipinski definition) is 42. The largest absolute Gasteiger partial charge is 1.00 e. The predicted molar refractivity (Wildman–Crippen MR) is 380 cm³/mol. The van der Waals surface area contributed by atoms with Crippen molar-refractivity contribution < 1.29 is 333 Å². The Kier molecular flexibility index (Phi) is 64.7. The van der Waals surface area contributed by atoms with Gasteiger partial charge >= 0.3 is 0 Å². The molecule has 742 valence electrons. The topological polar surface area (TPSA) is 735 Å². The molecule has 15 fully saturated rings. The summed E-state index contributed by atoms with van der Waals surface area (Å²) in [5, 5.41) is 169. The van der Waals surface area contributed by atoms with E-state index in [9.17, 15) is 71.5 Å². The highest BCUT2D eigenvalue weighted by atomic mass is 35.5. The van der Waals surface area contributed by atoms with Crippen molar-refractivity contribution in [2.45, 2.75) is 215 Å². The number of aliphatic hydroxyl groups excluding tert-OH is 14. The van der Waals surface area contributed by atoms with E-state index in [1.165, 1.54) is 85.1 Å². The molecule has 0 spiro atoms. The van der Waals surface area contributed by atoms with Gasteiger partial charge in [-0.1, -0.05) is 85.1 Å². The maximum atomic E-state index is 12.8. The van der Waals surface area contributed by atoms with Gasteiger partial charge in [-0.15, -0.1) is 0 Å².